The zero-order valence-electron chi connectivity index (χ0n) is 19.0. The number of benzene rings is 1. The molecule has 0 saturated carbocycles. The Balaban J connectivity index is 1.62. The highest BCUT2D eigenvalue weighted by Gasteiger charge is 2.20. The van der Waals surface area contributed by atoms with Crippen LogP contribution in [-0.2, 0) is 0 Å². The maximum Gasteiger partial charge on any atom is 0.254 e. The molecular formula is C23H24N8O5. The van der Waals surface area contributed by atoms with E-state index in [9.17, 15) is 4.79 Å². The van der Waals surface area contributed by atoms with Gasteiger partial charge in [-0.25, -0.2) is 9.97 Å². The Morgan fingerprint density at radius 3 is 1.75 bits per heavy atom. The molecule has 13 heteroatoms. The number of carbonyl (C=O) groups is 1. The van der Waals surface area contributed by atoms with Crippen LogP contribution in [0.5, 0.6) is 23.3 Å². The maximum atomic E-state index is 13.2. The van der Waals surface area contributed by atoms with Crippen LogP contribution in [-0.4, -0.2) is 69.0 Å². The smallest absolute Gasteiger partial charge is 0.254 e. The third-order valence-corrected chi connectivity index (χ3v) is 5.26. The number of pyridine rings is 2. The Morgan fingerprint density at radius 2 is 1.33 bits per heavy atom. The van der Waals surface area contributed by atoms with Crippen molar-refractivity contribution in [2.24, 2.45) is 21.8 Å². The molecule has 3 heterocycles. The van der Waals surface area contributed by atoms with Crippen molar-refractivity contribution in [3.05, 3.63) is 71.5 Å². The molecule has 36 heavy (non-hydrogen) atoms. The van der Waals surface area contributed by atoms with Gasteiger partial charge in [0.2, 0.25) is 11.8 Å². The highest BCUT2D eigenvalue weighted by molar-refractivity contribution is 5.97. The molecule has 1 aliphatic rings. The number of ether oxygens (including phenoxy) is 2. The second-order valence-electron chi connectivity index (χ2n) is 7.68. The van der Waals surface area contributed by atoms with Crippen LogP contribution in [0.25, 0.3) is 0 Å². The quantitative estimate of drug-likeness (QED) is 0.139. The average molecular weight is 492 g/mol. The van der Waals surface area contributed by atoms with E-state index in [2.05, 4.69) is 25.6 Å². The van der Waals surface area contributed by atoms with Gasteiger partial charge in [-0.1, -0.05) is 10.3 Å². The van der Waals surface area contributed by atoms with Crippen LogP contribution in [0.1, 0.15) is 21.5 Å². The lowest BCUT2D eigenvalue weighted by atomic mass is 10.1. The summed E-state index contributed by atoms with van der Waals surface area (Å²) in [5, 5.41) is 26.7. The summed E-state index contributed by atoms with van der Waals surface area (Å²) in [4.78, 5) is 23.2. The van der Waals surface area contributed by atoms with E-state index >= 15 is 0 Å². The van der Waals surface area contributed by atoms with Crippen molar-refractivity contribution in [3.8, 4) is 23.3 Å². The highest BCUT2D eigenvalue weighted by atomic mass is 16.5. The minimum Gasteiger partial charge on any atom is -0.439 e. The molecule has 2 aromatic heterocycles. The SMILES string of the molecule is N/C(=N\O)c1ccc(Oc2cc(Oc3ccc(/C(N)=N/O)cn3)cc(C(=O)N3CCNCC3)c2)nc1. The van der Waals surface area contributed by atoms with Gasteiger partial charge in [0.1, 0.15) is 11.5 Å². The van der Waals surface area contributed by atoms with Crippen LogP contribution < -0.4 is 26.3 Å². The van der Waals surface area contributed by atoms with Gasteiger partial charge < -0.3 is 41.6 Å². The highest BCUT2D eigenvalue weighted by Crippen LogP contribution is 2.30. The predicted octanol–water partition coefficient (Wildman–Crippen LogP) is 1.30. The van der Waals surface area contributed by atoms with Crippen molar-refractivity contribution in [1.82, 2.24) is 20.2 Å². The van der Waals surface area contributed by atoms with E-state index in [4.69, 9.17) is 31.4 Å². The zero-order chi connectivity index (χ0) is 25.5. The fourth-order valence-electron chi connectivity index (χ4n) is 3.40. The summed E-state index contributed by atoms with van der Waals surface area (Å²) >= 11 is 0. The van der Waals surface area contributed by atoms with E-state index in [1.165, 1.54) is 12.4 Å². The summed E-state index contributed by atoms with van der Waals surface area (Å²) in [5.41, 5.74) is 12.3. The molecule has 186 valence electrons. The normalized spacial score (nSPS) is 14.4. The minimum atomic E-state index is -0.169. The summed E-state index contributed by atoms with van der Waals surface area (Å²) < 4.78 is 11.7. The van der Waals surface area contributed by atoms with E-state index in [1.807, 2.05) is 0 Å². The lowest BCUT2D eigenvalue weighted by Gasteiger charge is -2.27. The first-order chi connectivity index (χ1) is 17.5. The van der Waals surface area contributed by atoms with E-state index in [0.29, 0.717) is 54.4 Å². The van der Waals surface area contributed by atoms with Crippen molar-refractivity contribution in [1.29, 1.82) is 0 Å². The number of aromatic nitrogens is 2. The van der Waals surface area contributed by atoms with Gasteiger partial charge in [-0.2, -0.15) is 0 Å². The van der Waals surface area contributed by atoms with Crippen molar-refractivity contribution in [2.45, 2.75) is 0 Å². The molecule has 1 amide bonds. The van der Waals surface area contributed by atoms with Gasteiger partial charge in [0, 0.05) is 73.5 Å². The zero-order valence-corrected chi connectivity index (χ0v) is 19.0. The van der Waals surface area contributed by atoms with Crippen LogP contribution in [0.15, 0.2) is 65.2 Å². The summed E-state index contributed by atoms with van der Waals surface area (Å²) in [6.45, 7) is 2.57. The third kappa shape index (κ3) is 5.77. The Kier molecular flexibility index (Phi) is 7.41. The van der Waals surface area contributed by atoms with Crippen LogP contribution in [0.2, 0.25) is 0 Å². The summed E-state index contributed by atoms with van der Waals surface area (Å²) in [5.74, 6) is 0.730. The number of oxime groups is 2. The molecule has 1 aromatic carbocycles. The van der Waals surface area contributed by atoms with E-state index in [0.717, 1.165) is 0 Å². The second kappa shape index (κ2) is 11.0. The van der Waals surface area contributed by atoms with Gasteiger partial charge in [-0.05, 0) is 24.3 Å². The Bertz CT molecular complexity index is 1190. The van der Waals surface area contributed by atoms with Gasteiger partial charge in [0.15, 0.2) is 11.7 Å². The van der Waals surface area contributed by atoms with Crippen molar-refractivity contribution in [2.75, 3.05) is 26.2 Å². The largest absolute Gasteiger partial charge is 0.439 e. The van der Waals surface area contributed by atoms with Crippen LogP contribution in [0.4, 0.5) is 0 Å². The Morgan fingerprint density at radius 1 is 0.833 bits per heavy atom. The molecule has 0 atom stereocenters. The minimum absolute atomic E-state index is 0.0844. The Hall–Kier alpha value is -4.91. The molecule has 7 N–H and O–H groups in total. The molecule has 13 nitrogen and oxygen atoms in total. The molecule has 0 bridgehead atoms. The van der Waals surface area contributed by atoms with Gasteiger partial charge in [0.25, 0.3) is 5.91 Å². The standard InChI is InChI=1S/C23H24N8O5/c24-21(29-33)14-1-3-19(27-12-14)35-17-9-16(23(32)31-7-5-26-6-8-31)10-18(11-17)36-20-4-2-15(13-28-20)22(25)30-34/h1-4,9-13,26,33-34H,5-8H2,(H2,24,29)(H2,25,30). The Labute approximate surface area is 205 Å². The van der Waals surface area contributed by atoms with E-state index < -0.39 is 0 Å². The topological polar surface area (TPSA) is 194 Å². The molecule has 4 rings (SSSR count). The van der Waals surface area contributed by atoms with Gasteiger partial charge in [-0.3, -0.25) is 4.79 Å². The van der Waals surface area contributed by atoms with Crippen LogP contribution in [0.3, 0.4) is 0 Å². The summed E-state index contributed by atoms with van der Waals surface area (Å²) in [6.07, 6.45) is 2.79. The molecule has 1 fully saturated rings. The summed E-state index contributed by atoms with van der Waals surface area (Å²) in [6, 6.07) is 11.1. The van der Waals surface area contributed by atoms with Crippen LogP contribution >= 0.6 is 0 Å². The molecule has 0 radical (unpaired) electrons. The first-order valence-electron chi connectivity index (χ1n) is 10.9. The molecule has 3 aromatic rings. The number of rotatable bonds is 7. The molecule has 0 spiro atoms. The van der Waals surface area contributed by atoms with Crippen LogP contribution in [0, 0.1) is 0 Å². The monoisotopic (exact) mass is 492 g/mol. The van der Waals surface area contributed by atoms with Gasteiger partial charge in [-0.15, -0.1) is 0 Å². The molecular weight excluding hydrogens is 468 g/mol. The lowest BCUT2D eigenvalue weighted by Crippen LogP contribution is -2.46. The number of hydrogen-bond donors (Lipinski definition) is 5. The number of nitrogens with two attached hydrogens (primary N) is 2. The number of amidine groups is 2. The first kappa shape index (κ1) is 24.2. The second-order valence-corrected chi connectivity index (χ2v) is 7.68. The van der Waals surface area contributed by atoms with Gasteiger partial charge in [0.05, 0.1) is 0 Å². The molecule has 0 unspecified atom stereocenters. The predicted molar refractivity (Wildman–Crippen MR) is 129 cm³/mol. The third-order valence-electron chi connectivity index (χ3n) is 5.26. The summed E-state index contributed by atoms with van der Waals surface area (Å²) in [7, 11) is 0. The molecule has 1 saturated heterocycles. The number of hydrogen-bond acceptors (Lipinski definition) is 10. The number of amides is 1. The molecule has 0 aliphatic carbocycles. The van der Waals surface area contributed by atoms with Crippen molar-refractivity contribution in [3.63, 3.8) is 0 Å². The van der Waals surface area contributed by atoms with Crippen molar-refractivity contribution < 1.29 is 24.7 Å². The van der Waals surface area contributed by atoms with E-state index in [1.54, 1.807) is 47.4 Å². The number of nitrogens with one attached hydrogen (secondary N) is 1. The van der Waals surface area contributed by atoms with E-state index in [-0.39, 0.29) is 29.3 Å². The first-order valence-corrected chi connectivity index (χ1v) is 10.9. The number of nitrogens with zero attached hydrogens (tertiary/aromatic N) is 5. The number of piperazine rings is 1. The van der Waals surface area contributed by atoms with Crippen molar-refractivity contribution >= 4 is 17.6 Å². The average Bonchev–Trinajstić information content (AvgIpc) is 2.93. The maximum absolute atomic E-state index is 13.2. The fourth-order valence-corrected chi connectivity index (χ4v) is 3.40. The lowest BCUT2D eigenvalue weighted by molar-refractivity contribution is 0.0735. The van der Waals surface area contributed by atoms with Gasteiger partial charge >= 0.3 is 0 Å². The fraction of sp³-hybridized carbons (Fsp3) is 0.174. The number of carbonyl (C=O) groups excluding carboxylic acids is 1. The molecule has 1 aliphatic heterocycles.